The lowest BCUT2D eigenvalue weighted by Gasteiger charge is -2.37. The van der Waals surface area contributed by atoms with E-state index in [2.05, 4.69) is 49.0 Å². The van der Waals surface area contributed by atoms with Gasteiger partial charge >= 0.3 is 0 Å². The largest absolute Gasteiger partial charge is 0.493 e. The summed E-state index contributed by atoms with van der Waals surface area (Å²) in [5, 5.41) is 12.4. The molecule has 0 radical (unpaired) electrons. The highest BCUT2D eigenvalue weighted by Crippen LogP contribution is 2.56. The zero-order chi connectivity index (χ0) is 75.6. The van der Waals surface area contributed by atoms with Crippen LogP contribution in [0.25, 0.3) is 22.1 Å². The van der Waals surface area contributed by atoms with Crippen LogP contribution in [-0.4, -0.2) is 93.4 Å². The van der Waals surface area contributed by atoms with Crippen molar-refractivity contribution in [2.45, 2.75) is 83.4 Å². The van der Waals surface area contributed by atoms with Gasteiger partial charge in [-0.1, -0.05) is 203 Å². The molecule has 4 amide bonds. The Bertz CT molecular complexity index is 4280. The summed E-state index contributed by atoms with van der Waals surface area (Å²) in [4.78, 5) is 67.7. The van der Waals surface area contributed by atoms with Gasteiger partial charge in [0.15, 0.2) is 63.2 Å². The van der Waals surface area contributed by atoms with Crippen molar-refractivity contribution < 1.29 is 57.1 Å². The Labute approximate surface area is 650 Å². The lowest BCUT2D eigenvalue weighted by atomic mass is 9.74. The number of hydrogen-bond acceptors (Lipinski definition) is 14. The maximum Gasteiger partial charge on any atom is 0.258 e. The van der Waals surface area contributed by atoms with Crippen molar-refractivity contribution in [3.63, 3.8) is 0 Å². The Morgan fingerprint density at radius 1 is 0.363 bits per heavy atom. The van der Waals surface area contributed by atoms with Crippen molar-refractivity contribution in [2.24, 2.45) is 0 Å². The number of halogens is 12. The van der Waals surface area contributed by atoms with Crippen LogP contribution in [0.2, 0.25) is 0 Å². The first-order chi connectivity index (χ1) is 48.0. The topological polar surface area (TPSA) is 216 Å². The number of hydrogen-bond donors (Lipinski definition) is 4. The lowest BCUT2D eigenvalue weighted by molar-refractivity contribution is 0.101. The number of rotatable bonds is 14. The number of methoxy groups -OCH3 is 6. The first-order valence-electron chi connectivity index (χ1n) is 30.2. The third kappa shape index (κ3) is 19.5. The standard InChI is InChI=1S/C68H64N6O12.4CHCl3/c1-33-21-41-57(47(25-33)71-63(75)37-29-51(79-9)61(83-13)52(30-37)80-10)85-59-43(67(41,5)6)23-35(3)27-49(59)73-65(77)39-17-15-19-45-55(39)69-46-20-16-18-40(56(46)70-45)66(78)74-50-28-36(4)24-44-60(50)86-58-42(68(44,7)8)22-34(2)26-48(58)72-64(76)38-31-53(81-11)62(84-14)54(32-38)82-12;4*2-1(3)4/h15-32H,1-14H3,(H,71,75)(H,72,76)(H,73,77)(H,74,78);4*1H. The fraction of sp³-hybridized carbons (Fsp3) is 0.278. The smallest absolute Gasteiger partial charge is 0.258 e. The van der Waals surface area contributed by atoms with Crippen LogP contribution in [-0.2, 0) is 10.8 Å². The summed E-state index contributed by atoms with van der Waals surface area (Å²) in [7, 11) is 8.91. The van der Waals surface area contributed by atoms with Gasteiger partial charge in [0, 0.05) is 44.2 Å². The number of alkyl halides is 12. The van der Waals surface area contributed by atoms with Crippen molar-refractivity contribution in [2.75, 3.05) is 63.9 Å². The molecule has 1 aromatic heterocycles. The van der Waals surface area contributed by atoms with E-state index in [0.717, 1.165) is 44.5 Å². The van der Waals surface area contributed by atoms with Gasteiger partial charge in [-0.3, -0.25) is 19.2 Å². The number of aromatic nitrogens is 2. The molecule has 0 atom stereocenters. The molecule has 0 aliphatic carbocycles. The van der Waals surface area contributed by atoms with E-state index in [1.165, 1.54) is 42.7 Å². The minimum absolute atomic E-state index is 0.229. The van der Waals surface area contributed by atoms with Gasteiger partial charge < -0.3 is 59.2 Å². The summed E-state index contributed by atoms with van der Waals surface area (Å²) >= 11 is 57.7. The lowest BCUT2D eigenvalue weighted by Crippen LogP contribution is -2.27. The number of carbonyl (C=O) groups is 4. The third-order valence-electron chi connectivity index (χ3n) is 15.9. The SMILES string of the molecule is COc1cc(C(=O)Nc2cc(C)cc3c2Oc2c(NC(=O)c4cccc5nc6c(C(=O)Nc7cc(C)cc8c7Oc7c(NC(=O)c9cc(OC)c(OC)c(OC)c9)cc(C)cc7C8(C)C)cccc6nc45)cc(C)cc2C3(C)C)cc(OC)c1OC.ClC(Cl)Cl.ClC(Cl)Cl.ClC(Cl)Cl.ClC(Cl)Cl. The van der Waals surface area contributed by atoms with Gasteiger partial charge in [-0.2, -0.15) is 0 Å². The average Bonchev–Trinajstić information content (AvgIpc) is 0.735. The third-order valence-corrected chi connectivity index (χ3v) is 15.9. The molecule has 0 unspecified atom stereocenters. The number of anilines is 4. The second kappa shape index (κ2) is 35.7. The zero-order valence-corrected chi connectivity index (χ0v) is 66.1. The van der Waals surface area contributed by atoms with Gasteiger partial charge in [-0.15, -0.1) is 0 Å². The number of ether oxygens (including phenoxy) is 8. The van der Waals surface area contributed by atoms with E-state index in [-0.39, 0.29) is 22.3 Å². The zero-order valence-electron chi connectivity index (χ0n) is 57.0. The summed E-state index contributed by atoms with van der Waals surface area (Å²) in [6, 6.07) is 32.0. The van der Waals surface area contributed by atoms with E-state index in [9.17, 15) is 19.2 Å². The molecule has 542 valence electrons. The molecule has 2 aliphatic rings. The number of aryl methyl sites for hydroxylation is 4. The van der Waals surface area contributed by atoms with Crippen molar-refractivity contribution >= 4 is 208 Å². The molecular formula is C72H68Cl12N6O12. The molecule has 0 fully saturated rings. The maximum atomic E-state index is 14.8. The summed E-state index contributed by atoms with van der Waals surface area (Å²) in [5.74, 6) is 1.77. The molecule has 8 aromatic carbocycles. The van der Waals surface area contributed by atoms with Crippen LogP contribution in [0.5, 0.6) is 57.5 Å². The van der Waals surface area contributed by atoms with Crippen LogP contribution in [0.15, 0.2) is 109 Å². The Morgan fingerprint density at radius 2 is 0.598 bits per heavy atom. The highest BCUT2D eigenvalue weighted by molar-refractivity contribution is 6.64. The van der Waals surface area contributed by atoms with Gasteiger partial charge in [0.05, 0.1) is 87.6 Å². The Balaban J connectivity index is 0.000000827. The summed E-state index contributed by atoms with van der Waals surface area (Å²) in [6.07, 6.45) is 0. The molecule has 0 saturated heterocycles. The van der Waals surface area contributed by atoms with Crippen molar-refractivity contribution in [1.82, 2.24) is 9.97 Å². The van der Waals surface area contributed by atoms with Crippen molar-refractivity contribution in [1.29, 1.82) is 0 Å². The number of para-hydroxylation sites is 2. The van der Waals surface area contributed by atoms with Gasteiger partial charge in [-0.05, 0) is 123 Å². The Hall–Kier alpha value is -6.88. The number of benzene rings is 8. The van der Waals surface area contributed by atoms with Gasteiger partial charge in [-0.25, -0.2) is 9.97 Å². The molecule has 0 bridgehead atoms. The van der Waals surface area contributed by atoms with Gasteiger partial charge in [0.1, 0.15) is 11.0 Å². The Kier molecular flexibility index (Phi) is 28.9. The highest BCUT2D eigenvalue weighted by Gasteiger charge is 2.40. The summed E-state index contributed by atoms with van der Waals surface area (Å²) < 4.78 is 43.8. The van der Waals surface area contributed by atoms with Crippen LogP contribution in [0.1, 0.15) is 114 Å². The number of amides is 4. The van der Waals surface area contributed by atoms with Crippen molar-refractivity contribution in [3.8, 4) is 57.5 Å². The van der Waals surface area contributed by atoms with Gasteiger partial charge in [0.2, 0.25) is 11.5 Å². The number of nitrogens with zero attached hydrogens (tertiary/aromatic N) is 2. The summed E-state index contributed by atoms with van der Waals surface area (Å²) in [5.41, 5.74) is 9.49. The first kappa shape index (κ1) is 82.4. The molecule has 2 aliphatic heterocycles. The predicted octanol–water partition coefficient (Wildman–Crippen LogP) is 21.9. The first-order valence-corrected chi connectivity index (χ1v) is 35.5. The number of fused-ring (bicyclic) bond motifs is 6. The second-order valence-electron chi connectivity index (χ2n) is 23.4. The quantitative estimate of drug-likeness (QED) is 0.0589. The van der Waals surface area contributed by atoms with E-state index >= 15 is 0 Å². The van der Waals surface area contributed by atoms with Crippen LogP contribution < -0.4 is 59.2 Å². The van der Waals surface area contributed by atoms with Crippen molar-refractivity contribution in [3.05, 3.63) is 176 Å². The highest BCUT2D eigenvalue weighted by atomic mass is 35.6. The molecule has 11 rings (SSSR count). The molecule has 102 heavy (non-hydrogen) atoms. The minimum atomic E-state index is -0.750. The Morgan fingerprint density at radius 3 is 0.824 bits per heavy atom. The summed E-state index contributed by atoms with van der Waals surface area (Å²) in [6.45, 7) is 16.1. The molecule has 30 heteroatoms. The molecule has 18 nitrogen and oxygen atoms in total. The average molecular weight is 1630 g/mol. The van der Waals surface area contributed by atoms with Gasteiger partial charge in [0.25, 0.3) is 23.6 Å². The van der Waals surface area contributed by atoms with Crippen LogP contribution in [0, 0.1) is 27.7 Å². The molecule has 0 saturated carbocycles. The van der Waals surface area contributed by atoms with E-state index < -0.39 is 51.6 Å². The monoisotopic (exact) mass is 1630 g/mol. The van der Waals surface area contributed by atoms with E-state index in [1.54, 1.807) is 60.7 Å². The van der Waals surface area contributed by atoms with Crippen LogP contribution in [0.3, 0.4) is 0 Å². The fourth-order valence-electron chi connectivity index (χ4n) is 11.5. The van der Waals surface area contributed by atoms with E-state index in [0.29, 0.717) is 102 Å². The van der Waals surface area contributed by atoms with Crippen LogP contribution in [0.4, 0.5) is 22.7 Å². The molecule has 3 heterocycles. The normalized spacial score (nSPS) is 12.5. The van der Waals surface area contributed by atoms with Crippen LogP contribution >= 0.6 is 139 Å². The minimum Gasteiger partial charge on any atom is -0.493 e. The number of carbonyl (C=O) groups excluding carboxylic acids is 4. The second-order valence-corrected chi connectivity index (χ2v) is 31.3. The van der Waals surface area contributed by atoms with E-state index in [1.807, 2.05) is 76.2 Å². The maximum absolute atomic E-state index is 14.8. The van der Waals surface area contributed by atoms with E-state index in [4.69, 9.17) is 187 Å². The fourth-order valence-corrected chi connectivity index (χ4v) is 11.5. The predicted molar refractivity (Wildman–Crippen MR) is 416 cm³/mol. The molecule has 0 spiro atoms. The molecular weight excluding hydrogens is 1570 g/mol. The molecule has 4 N–H and O–H groups in total. The number of nitrogens with one attached hydrogen (secondary N) is 4. The molecule has 9 aromatic rings.